The van der Waals surface area contributed by atoms with Gasteiger partial charge in [0.25, 0.3) is 0 Å². The molecule has 27 heavy (non-hydrogen) atoms. The molecule has 0 aliphatic heterocycles. The number of hydrogen-bond donors (Lipinski definition) is 3. The summed E-state index contributed by atoms with van der Waals surface area (Å²) in [6.45, 7) is 0. The summed E-state index contributed by atoms with van der Waals surface area (Å²) in [5.74, 6) is -0.359. The van der Waals surface area contributed by atoms with Crippen LogP contribution in [-0.2, 0) is 0 Å². The van der Waals surface area contributed by atoms with Gasteiger partial charge in [0, 0.05) is 16.5 Å². The van der Waals surface area contributed by atoms with E-state index in [1.54, 1.807) is 6.07 Å². The molecule has 0 atom stereocenters. The van der Waals surface area contributed by atoms with Crippen LogP contribution in [0, 0.1) is 11.2 Å². The number of guanidine groups is 1. The first-order valence-electron chi connectivity index (χ1n) is 8.74. The molecule has 4 aromatic rings. The van der Waals surface area contributed by atoms with E-state index in [-0.39, 0.29) is 11.8 Å². The summed E-state index contributed by atoms with van der Waals surface area (Å²) < 4.78 is 14.4. The zero-order valence-corrected chi connectivity index (χ0v) is 14.4. The molecule has 3 N–H and O–H groups in total. The lowest BCUT2D eigenvalue weighted by Gasteiger charge is -2.15. The summed E-state index contributed by atoms with van der Waals surface area (Å²) in [6, 6.07) is 20.8. The van der Waals surface area contributed by atoms with Crippen molar-refractivity contribution < 1.29 is 4.39 Å². The number of halogens is 1. The van der Waals surface area contributed by atoms with Gasteiger partial charge in [0.2, 0.25) is 0 Å². The predicted molar refractivity (Wildman–Crippen MR) is 112 cm³/mol. The molecule has 0 amide bonds. The Morgan fingerprint density at radius 3 is 2.41 bits per heavy atom. The highest BCUT2D eigenvalue weighted by molar-refractivity contribution is 6.14. The fraction of sp³-hybridized carbons (Fsp3) is 0. The van der Waals surface area contributed by atoms with Crippen molar-refractivity contribution in [3.63, 3.8) is 0 Å². The number of nitrogens with one attached hydrogen (secondary N) is 3. The zero-order valence-electron chi connectivity index (χ0n) is 14.4. The molecular formula is C23H16FN3. The SMILES string of the molecule is N=C(Nc1c(F)ccc2ccccc12)Nc1ccc2c3c(cccc13)C=C2. The number of rotatable bonds is 2. The van der Waals surface area contributed by atoms with Crippen molar-refractivity contribution in [2.75, 3.05) is 10.6 Å². The van der Waals surface area contributed by atoms with Crippen molar-refractivity contribution in [1.82, 2.24) is 0 Å². The van der Waals surface area contributed by atoms with Crippen LogP contribution in [-0.4, -0.2) is 5.96 Å². The van der Waals surface area contributed by atoms with Crippen LogP contribution in [0.1, 0.15) is 11.1 Å². The second-order valence-electron chi connectivity index (χ2n) is 6.57. The average Bonchev–Trinajstić information content (AvgIpc) is 3.11. The largest absolute Gasteiger partial charge is 0.326 e. The second-order valence-corrected chi connectivity index (χ2v) is 6.57. The topological polar surface area (TPSA) is 47.9 Å². The van der Waals surface area contributed by atoms with Crippen LogP contribution in [0.5, 0.6) is 0 Å². The lowest BCUT2D eigenvalue weighted by atomic mass is 10.0. The van der Waals surface area contributed by atoms with Gasteiger partial charge < -0.3 is 10.6 Å². The summed E-state index contributed by atoms with van der Waals surface area (Å²) in [7, 11) is 0. The molecule has 4 heteroatoms. The van der Waals surface area contributed by atoms with Crippen LogP contribution in [0.3, 0.4) is 0 Å². The lowest BCUT2D eigenvalue weighted by molar-refractivity contribution is 0.634. The molecule has 0 aromatic heterocycles. The number of fused-ring (bicyclic) bond motifs is 1. The van der Waals surface area contributed by atoms with E-state index in [1.807, 2.05) is 48.5 Å². The van der Waals surface area contributed by atoms with E-state index in [4.69, 9.17) is 5.41 Å². The summed E-state index contributed by atoms with van der Waals surface area (Å²) in [5.41, 5.74) is 3.46. The molecule has 0 heterocycles. The van der Waals surface area contributed by atoms with Gasteiger partial charge in [0.05, 0.1) is 5.69 Å². The van der Waals surface area contributed by atoms with Gasteiger partial charge in [-0.25, -0.2) is 4.39 Å². The predicted octanol–water partition coefficient (Wildman–Crippen LogP) is 6.07. The number of anilines is 2. The Kier molecular flexibility index (Phi) is 3.44. The van der Waals surface area contributed by atoms with Crippen LogP contribution >= 0.6 is 0 Å². The molecule has 3 nitrogen and oxygen atoms in total. The van der Waals surface area contributed by atoms with Gasteiger partial charge in [-0.1, -0.05) is 66.7 Å². The fourth-order valence-corrected chi connectivity index (χ4v) is 3.69. The third-order valence-electron chi connectivity index (χ3n) is 4.94. The van der Waals surface area contributed by atoms with E-state index in [0.717, 1.165) is 21.8 Å². The molecule has 1 aliphatic rings. The molecule has 0 saturated carbocycles. The van der Waals surface area contributed by atoms with Gasteiger partial charge in [0.1, 0.15) is 5.82 Å². The van der Waals surface area contributed by atoms with Crippen molar-refractivity contribution in [2.45, 2.75) is 0 Å². The standard InChI is InChI=1S/C23H16FN3/c24-19-12-10-14-4-1-2-6-17(14)22(19)27-23(25)26-20-13-11-16-9-8-15-5-3-7-18(20)21(15)16/h1-13H,(H3,25,26,27). The van der Waals surface area contributed by atoms with Gasteiger partial charge in [0.15, 0.2) is 5.96 Å². The molecule has 0 spiro atoms. The molecule has 0 saturated heterocycles. The van der Waals surface area contributed by atoms with Gasteiger partial charge in [-0.15, -0.1) is 0 Å². The van der Waals surface area contributed by atoms with Gasteiger partial charge >= 0.3 is 0 Å². The van der Waals surface area contributed by atoms with Crippen molar-refractivity contribution >= 4 is 51.0 Å². The minimum Gasteiger partial charge on any atom is -0.326 e. The van der Waals surface area contributed by atoms with E-state index >= 15 is 0 Å². The molecular weight excluding hydrogens is 337 g/mol. The minimum atomic E-state index is -0.384. The van der Waals surface area contributed by atoms with E-state index < -0.39 is 0 Å². The van der Waals surface area contributed by atoms with Gasteiger partial charge in [-0.3, -0.25) is 5.41 Å². The Balaban J connectivity index is 1.50. The fourth-order valence-electron chi connectivity index (χ4n) is 3.69. The lowest BCUT2D eigenvalue weighted by Crippen LogP contribution is -2.21. The third kappa shape index (κ3) is 2.54. The van der Waals surface area contributed by atoms with Crippen LogP contribution < -0.4 is 10.6 Å². The normalized spacial score (nSPS) is 11.9. The Labute approximate surface area is 155 Å². The third-order valence-corrected chi connectivity index (χ3v) is 4.94. The molecule has 0 radical (unpaired) electrons. The minimum absolute atomic E-state index is 0.0249. The van der Waals surface area contributed by atoms with Crippen molar-refractivity contribution in [2.24, 2.45) is 0 Å². The molecule has 130 valence electrons. The highest BCUT2D eigenvalue weighted by atomic mass is 19.1. The molecule has 4 aromatic carbocycles. The Morgan fingerprint density at radius 1 is 0.741 bits per heavy atom. The number of hydrogen-bond acceptors (Lipinski definition) is 1. The van der Waals surface area contributed by atoms with E-state index in [0.29, 0.717) is 5.69 Å². The van der Waals surface area contributed by atoms with Gasteiger partial charge in [-0.05, 0) is 34.0 Å². The Bertz CT molecular complexity index is 1250. The van der Waals surface area contributed by atoms with Crippen molar-refractivity contribution in [1.29, 1.82) is 5.41 Å². The van der Waals surface area contributed by atoms with Crippen molar-refractivity contribution in [3.8, 4) is 0 Å². The monoisotopic (exact) mass is 353 g/mol. The Morgan fingerprint density at radius 2 is 1.52 bits per heavy atom. The van der Waals surface area contributed by atoms with E-state index in [9.17, 15) is 4.39 Å². The van der Waals surface area contributed by atoms with E-state index in [2.05, 4.69) is 28.9 Å². The second kappa shape index (κ2) is 5.95. The van der Waals surface area contributed by atoms with Crippen LogP contribution in [0.2, 0.25) is 0 Å². The summed E-state index contributed by atoms with van der Waals surface area (Å²) >= 11 is 0. The maximum Gasteiger partial charge on any atom is 0.197 e. The molecule has 5 rings (SSSR count). The smallest absolute Gasteiger partial charge is 0.197 e. The first kappa shape index (κ1) is 15.6. The zero-order chi connectivity index (χ0) is 18.4. The maximum atomic E-state index is 14.4. The molecule has 1 aliphatic carbocycles. The van der Waals surface area contributed by atoms with Gasteiger partial charge in [-0.2, -0.15) is 0 Å². The first-order chi connectivity index (χ1) is 13.2. The van der Waals surface area contributed by atoms with E-state index in [1.165, 1.54) is 22.6 Å². The van der Waals surface area contributed by atoms with Crippen LogP contribution in [0.4, 0.5) is 15.8 Å². The van der Waals surface area contributed by atoms with Crippen molar-refractivity contribution in [3.05, 3.63) is 83.7 Å². The summed E-state index contributed by atoms with van der Waals surface area (Å²) in [5, 5.41) is 18.2. The molecule has 0 fully saturated rings. The first-order valence-corrected chi connectivity index (χ1v) is 8.74. The highest BCUT2D eigenvalue weighted by Crippen LogP contribution is 2.35. The van der Waals surface area contributed by atoms with Crippen LogP contribution in [0.15, 0.2) is 66.7 Å². The summed E-state index contributed by atoms with van der Waals surface area (Å²) in [4.78, 5) is 0. The molecule has 0 unspecified atom stereocenters. The molecule has 0 bridgehead atoms. The van der Waals surface area contributed by atoms with Crippen LogP contribution in [0.25, 0.3) is 33.7 Å². The quantitative estimate of drug-likeness (QED) is 0.266. The number of benzene rings is 4. The average molecular weight is 353 g/mol. The maximum absolute atomic E-state index is 14.4. The Hall–Kier alpha value is -3.66. The summed E-state index contributed by atoms with van der Waals surface area (Å²) in [6.07, 6.45) is 4.19. The highest BCUT2D eigenvalue weighted by Gasteiger charge is 2.13.